The van der Waals surface area contributed by atoms with Crippen LogP contribution in [0, 0.1) is 6.92 Å². The molecule has 0 saturated carbocycles. The Morgan fingerprint density at radius 3 is 2.27 bits per heavy atom. The summed E-state index contributed by atoms with van der Waals surface area (Å²) < 4.78 is 28.3. The summed E-state index contributed by atoms with van der Waals surface area (Å²) in [6.45, 7) is 6.36. The highest BCUT2D eigenvalue weighted by Gasteiger charge is 2.22. The van der Waals surface area contributed by atoms with E-state index in [1.165, 1.54) is 4.31 Å². The van der Waals surface area contributed by atoms with Gasteiger partial charge in [-0.3, -0.25) is 4.68 Å². The smallest absolute Gasteiger partial charge is 0.243 e. The van der Waals surface area contributed by atoms with Crippen LogP contribution in [0.3, 0.4) is 0 Å². The van der Waals surface area contributed by atoms with Gasteiger partial charge in [-0.15, -0.1) is 0 Å². The van der Waals surface area contributed by atoms with E-state index >= 15 is 0 Å². The average Bonchev–Trinajstić information content (AvgIpc) is 2.76. The van der Waals surface area contributed by atoms with Crippen LogP contribution in [0.5, 0.6) is 0 Å². The van der Waals surface area contributed by atoms with Gasteiger partial charge in [0, 0.05) is 32.4 Å². The van der Waals surface area contributed by atoms with E-state index in [9.17, 15) is 8.42 Å². The van der Waals surface area contributed by atoms with Crippen molar-refractivity contribution < 1.29 is 8.42 Å². The third-order valence-corrected chi connectivity index (χ3v) is 5.58. The second kappa shape index (κ2) is 6.22. The fourth-order valence-corrected chi connectivity index (χ4v) is 3.48. The lowest BCUT2D eigenvalue weighted by atomic mass is 10.0. The van der Waals surface area contributed by atoms with Crippen LogP contribution in [0.2, 0.25) is 0 Å². The first kappa shape index (κ1) is 16.7. The number of aryl methyl sites for hydroxylation is 2. The maximum Gasteiger partial charge on any atom is 0.243 e. The molecule has 0 saturated heterocycles. The summed E-state index contributed by atoms with van der Waals surface area (Å²) in [5.74, 6) is 0.382. The number of hydrogen-bond donors (Lipinski definition) is 0. The summed E-state index contributed by atoms with van der Waals surface area (Å²) in [7, 11) is -0.0665. The maximum atomic E-state index is 12.6. The van der Waals surface area contributed by atoms with Crippen LogP contribution >= 0.6 is 0 Å². The van der Waals surface area contributed by atoms with E-state index in [-0.39, 0.29) is 0 Å². The molecule has 2 rings (SSSR count). The van der Waals surface area contributed by atoms with Crippen LogP contribution in [-0.2, 0) is 23.6 Å². The van der Waals surface area contributed by atoms with Gasteiger partial charge in [-0.05, 0) is 30.5 Å². The summed E-state index contributed by atoms with van der Waals surface area (Å²) in [6.07, 6.45) is 1.85. The Morgan fingerprint density at radius 2 is 1.82 bits per heavy atom. The molecule has 6 heteroatoms. The Bertz CT molecular complexity index is 746. The van der Waals surface area contributed by atoms with Gasteiger partial charge < -0.3 is 0 Å². The molecule has 1 aromatic carbocycles. The highest BCUT2D eigenvalue weighted by molar-refractivity contribution is 7.89. The van der Waals surface area contributed by atoms with Crippen molar-refractivity contribution in [1.82, 2.24) is 14.1 Å². The zero-order chi connectivity index (χ0) is 16.5. The number of rotatable bonds is 5. The molecule has 0 bridgehead atoms. The summed E-state index contributed by atoms with van der Waals surface area (Å²) >= 11 is 0. The van der Waals surface area contributed by atoms with E-state index < -0.39 is 10.0 Å². The number of hydrogen-bond acceptors (Lipinski definition) is 3. The Balaban J connectivity index is 2.23. The second-order valence-corrected chi connectivity index (χ2v) is 7.94. The van der Waals surface area contributed by atoms with E-state index in [0.717, 1.165) is 16.8 Å². The van der Waals surface area contributed by atoms with Crippen molar-refractivity contribution in [3.63, 3.8) is 0 Å². The molecule has 0 aliphatic rings. The molecule has 22 heavy (non-hydrogen) atoms. The largest absolute Gasteiger partial charge is 0.275 e. The van der Waals surface area contributed by atoms with Crippen LogP contribution in [0.15, 0.2) is 35.4 Å². The molecule has 1 aromatic heterocycles. The van der Waals surface area contributed by atoms with Crippen LogP contribution < -0.4 is 0 Å². The van der Waals surface area contributed by atoms with Gasteiger partial charge in [0.15, 0.2) is 0 Å². The SMILES string of the molecule is Cc1nn(C)cc1CN(C)S(=O)(=O)c1ccc(C(C)C)cc1. The molecule has 5 nitrogen and oxygen atoms in total. The molecule has 0 spiro atoms. The predicted molar refractivity (Wildman–Crippen MR) is 87.1 cm³/mol. The first-order valence-corrected chi connectivity index (χ1v) is 8.71. The van der Waals surface area contributed by atoms with E-state index in [1.807, 2.05) is 32.3 Å². The summed E-state index contributed by atoms with van der Waals surface area (Å²) in [6, 6.07) is 7.11. The molecule has 0 amide bonds. The topological polar surface area (TPSA) is 55.2 Å². The molecule has 1 heterocycles. The third-order valence-electron chi connectivity index (χ3n) is 3.76. The van der Waals surface area contributed by atoms with E-state index in [4.69, 9.17) is 0 Å². The van der Waals surface area contributed by atoms with Crippen LogP contribution in [0.4, 0.5) is 0 Å². The summed E-state index contributed by atoms with van der Waals surface area (Å²) in [5.41, 5.74) is 2.89. The van der Waals surface area contributed by atoms with Gasteiger partial charge in [-0.25, -0.2) is 8.42 Å². The van der Waals surface area contributed by atoms with Gasteiger partial charge in [0.1, 0.15) is 0 Å². The maximum absolute atomic E-state index is 12.6. The van der Waals surface area contributed by atoms with Gasteiger partial charge in [-0.1, -0.05) is 26.0 Å². The Labute approximate surface area is 132 Å². The molecule has 0 atom stereocenters. The zero-order valence-electron chi connectivity index (χ0n) is 13.7. The normalized spacial score (nSPS) is 12.3. The quantitative estimate of drug-likeness (QED) is 0.851. The fourth-order valence-electron chi connectivity index (χ4n) is 2.33. The van der Waals surface area contributed by atoms with Crippen molar-refractivity contribution >= 4 is 10.0 Å². The first-order chi connectivity index (χ1) is 10.2. The van der Waals surface area contributed by atoms with Crippen molar-refractivity contribution in [1.29, 1.82) is 0 Å². The highest BCUT2D eigenvalue weighted by Crippen LogP contribution is 2.21. The fraction of sp³-hybridized carbons (Fsp3) is 0.438. The molecule has 2 aromatic rings. The van der Waals surface area contributed by atoms with E-state index in [2.05, 4.69) is 18.9 Å². The van der Waals surface area contributed by atoms with Gasteiger partial charge >= 0.3 is 0 Å². The molecule has 0 aliphatic heterocycles. The minimum atomic E-state index is -3.49. The van der Waals surface area contributed by atoms with Gasteiger partial charge in [0.05, 0.1) is 10.6 Å². The molecule has 0 radical (unpaired) electrons. The molecule has 120 valence electrons. The average molecular weight is 321 g/mol. The minimum Gasteiger partial charge on any atom is -0.275 e. The molecule has 0 N–H and O–H groups in total. The first-order valence-electron chi connectivity index (χ1n) is 7.27. The lowest BCUT2D eigenvalue weighted by molar-refractivity contribution is 0.466. The van der Waals surface area contributed by atoms with Crippen LogP contribution in [0.1, 0.15) is 36.6 Å². The number of benzene rings is 1. The van der Waals surface area contributed by atoms with Crippen molar-refractivity contribution in [2.24, 2.45) is 7.05 Å². The highest BCUT2D eigenvalue weighted by atomic mass is 32.2. The second-order valence-electron chi connectivity index (χ2n) is 5.90. The van der Waals surface area contributed by atoms with Crippen molar-refractivity contribution in [3.05, 3.63) is 47.3 Å². The molecule has 0 fully saturated rings. The standard InChI is InChI=1S/C16H23N3O2S/c1-12(2)14-6-8-16(9-7-14)22(20,21)19(5)11-15-10-18(4)17-13(15)3/h6-10,12H,11H2,1-5H3. The zero-order valence-corrected chi connectivity index (χ0v) is 14.6. The third kappa shape index (κ3) is 3.39. The molecule has 0 aliphatic carbocycles. The van der Waals surface area contributed by atoms with Gasteiger partial charge in [-0.2, -0.15) is 9.40 Å². The lowest BCUT2D eigenvalue weighted by Gasteiger charge is -2.17. The van der Waals surface area contributed by atoms with E-state index in [1.54, 1.807) is 23.9 Å². The van der Waals surface area contributed by atoms with Gasteiger partial charge in [0.2, 0.25) is 10.0 Å². The minimum absolute atomic E-state index is 0.313. The predicted octanol–water partition coefficient (Wildman–Crippen LogP) is 2.67. The Kier molecular flexibility index (Phi) is 4.72. The molecule has 0 unspecified atom stereocenters. The van der Waals surface area contributed by atoms with Gasteiger partial charge in [0.25, 0.3) is 0 Å². The van der Waals surface area contributed by atoms with Crippen LogP contribution in [0.25, 0.3) is 0 Å². The monoisotopic (exact) mass is 321 g/mol. The van der Waals surface area contributed by atoms with E-state index in [0.29, 0.717) is 17.4 Å². The molecular formula is C16H23N3O2S. The number of aromatic nitrogens is 2. The summed E-state index contributed by atoms with van der Waals surface area (Å²) in [5, 5.41) is 4.25. The van der Waals surface area contributed by atoms with Crippen molar-refractivity contribution in [3.8, 4) is 0 Å². The van der Waals surface area contributed by atoms with Crippen LogP contribution in [-0.4, -0.2) is 29.6 Å². The summed E-state index contributed by atoms with van der Waals surface area (Å²) in [4.78, 5) is 0.320. The Hall–Kier alpha value is -1.66. The number of nitrogens with zero attached hydrogens (tertiary/aromatic N) is 3. The molecular weight excluding hydrogens is 298 g/mol. The van der Waals surface area contributed by atoms with Crippen molar-refractivity contribution in [2.45, 2.75) is 38.1 Å². The lowest BCUT2D eigenvalue weighted by Crippen LogP contribution is -2.26. The number of sulfonamides is 1. The van der Waals surface area contributed by atoms with Crippen molar-refractivity contribution in [2.75, 3.05) is 7.05 Å². The Morgan fingerprint density at radius 1 is 1.23 bits per heavy atom.